The summed E-state index contributed by atoms with van der Waals surface area (Å²) in [5.74, 6) is -0.566. The molecule has 0 unspecified atom stereocenters. The molecule has 0 aromatic heterocycles. The number of sulfonamides is 1. The average Bonchev–Trinajstić information content (AvgIpc) is 2.99. The van der Waals surface area contributed by atoms with Gasteiger partial charge < -0.3 is 4.90 Å². The molecule has 2 fully saturated rings. The van der Waals surface area contributed by atoms with Gasteiger partial charge in [0.15, 0.2) is 6.67 Å². The van der Waals surface area contributed by atoms with Gasteiger partial charge in [-0.3, -0.25) is 9.59 Å². The number of allylic oxidation sites excluding steroid dienone is 2. The van der Waals surface area contributed by atoms with Crippen molar-refractivity contribution in [1.82, 2.24) is 9.21 Å². The fourth-order valence-electron chi connectivity index (χ4n) is 4.28. The van der Waals surface area contributed by atoms with Crippen LogP contribution in [0.15, 0.2) is 47.9 Å². The Kier molecular flexibility index (Phi) is 5.67. The second-order valence-corrected chi connectivity index (χ2v) is 9.64. The lowest BCUT2D eigenvalue weighted by Gasteiger charge is -2.32. The maximum Gasteiger partial charge on any atom is 0.237 e. The molecule has 3 aliphatic rings. The molecule has 1 aromatic carbocycles. The molecule has 2 heterocycles. The van der Waals surface area contributed by atoms with E-state index in [1.54, 1.807) is 6.08 Å². The van der Waals surface area contributed by atoms with E-state index in [-0.39, 0.29) is 23.7 Å². The number of hydrogen-bond acceptors (Lipinski definition) is 4. The summed E-state index contributed by atoms with van der Waals surface area (Å²) in [5.41, 5.74) is 0.836. The Balaban J connectivity index is 1.33. The first kappa shape index (κ1) is 20.0. The molecule has 4 rings (SSSR count). The lowest BCUT2D eigenvalue weighted by atomic mass is 9.85. The van der Waals surface area contributed by atoms with Crippen molar-refractivity contribution < 1.29 is 22.9 Å². The number of amides is 2. The number of piperazine rings is 1. The van der Waals surface area contributed by atoms with Crippen LogP contribution >= 0.6 is 0 Å². The lowest BCUT2D eigenvalue weighted by molar-refractivity contribution is -0.910. The Hall–Kier alpha value is -2.29. The zero-order chi connectivity index (χ0) is 20.4. The number of carbonyl (C=O) groups is 2. The van der Waals surface area contributed by atoms with Crippen molar-refractivity contribution in [1.29, 1.82) is 0 Å². The Labute approximate surface area is 171 Å². The van der Waals surface area contributed by atoms with Gasteiger partial charge in [0.1, 0.15) is 0 Å². The van der Waals surface area contributed by atoms with Crippen molar-refractivity contribution in [3.05, 3.63) is 53.5 Å². The van der Waals surface area contributed by atoms with Crippen LogP contribution in [0.4, 0.5) is 0 Å². The van der Waals surface area contributed by atoms with Gasteiger partial charge in [-0.1, -0.05) is 42.5 Å². The minimum absolute atomic E-state index is 0.0716. The van der Waals surface area contributed by atoms with Crippen LogP contribution < -0.4 is 4.90 Å². The minimum atomic E-state index is -3.49. The summed E-state index contributed by atoms with van der Waals surface area (Å²) >= 11 is 0. The van der Waals surface area contributed by atoms with Gasteiger partial charge in [0.2, 0.25) is 21.8 Å². The van der Waals surface area contributed by atoms with Crippen molar-refractivity contribution in [3.8, 4) is 0 Å². The normalized spacial score (nSPS) is 26.4. The Bertz CT molecular complexity index is 908. The van der Waals surface area contributed by atoms with E-state index in [9.17, 15) is 18.0 Å². The molecule has 0 saturated carbocycles. The van der Waals surface area contributed by atoms with Crippen LogP contribution in [0.2, 0.25) is 0 Å². The van der Waals surface area contributed by atoms with Gasteiger partial charge in [-0.05, 0) is 24.5 Å². The molecular formula is C21H26N3O4S+. The number of carbonyl (C=O) groups excluding carboxylic acids is 2. The van der Waals surface area contributed by atoms with Crippen molar-refractivity contribution in [2.24, 2.45) is 11.8 Å². The zero-order valence-corrected chi connectivity index (χ0v) is 17.1. The van der Waals surface area contributed by atoms with E-state index in [2.05, 4.69) is 0 Å². The highest BCUT2D eigenvalue weighted by Gasteiger charge is 2.48. The molecule has 2 atom stereocenters. The van der Waals surface area contributed by atoms with Gasteiger partial charge in [-0.2, -0.15) is 4.31 Å². The van der Waals surface area contributed by atoms with Gasteiger partial charge in [0.25, 0.3) is 0 Å². The third-order valence-corrected chi connectivity index (χ3v) is 7.57. The average molecular weight is 417 g/mol. The number of fused-ring (bicyclic) bond motifs is 1. The quantitative estimate of drug-likeness (QED) is 0.545. The third-order valence-electron chi connectivity index (χ3n) is 6.00. The number of benzene rings is 1. The summed E-state index contributed by atoms with van der Waals surface area (Å²) in [4.78, 5) is 27.7. The fourth-order valence-corrected chi connectivity index (χ4v) is 5.47. The number of rotatable bonds is 5. The van der Waals surface area contributed by atoms with Crippen LogP contribution in [0.3, 0.4) is 0 Å². The van der Waals surface area contributed by atoms with E-state index in [4.69, 9.17) is 0 Å². The molecular weight excluding hydrogens is 390 g/mol. The third kappa shape index (κ3) is 4.19. The van der Waals surface area contributed by atoms with Gasteiger partial charge in [0, 0.05) is 5.41 Å². The standard InChI is InChI=1S/C21H25N3O4S/c25-20-18-8-4-5-9-19(18)21(26)24(20)16-22-11-13-23(14-12-22)29(27,28)15-10-17-6-2-1-3-7-17/h1-7,10,15,18-19H,8-9,11-14,16H2/p+1/b15-10+/t18-,19+. The summed E-state index contributed by atoms with van der Waals surface area (Å²) in [5, 5.41) is 1.25. The first-order valence-electron chi connectivity index (χ1n) is 10.0. The maximum absolute atomic E-state index is 12.6. The Morgan fingerprint density at radius 3 is 2.14 bits per heavy atom. The predicted molar refractivity (Wildman–Crippen MR) is 109 cm³/mol. The van der Waals surface area contributed by atoms with Gasteiger partial charge in [0.05, 0.1) is 38.0 Å². The molecule has 2 aliphatic heterocycles. The highest BCUT2D eigenvalue weighted by molar-refractivity contribution is 7.92. The second kappa shape index (κ2) is 8.22. The summed E-state index contributed by atoms with van der Waals surface area (Å²) in [7, 11) is -3.49. The Morgan fingerprint density at radius 2 is 1.55 bits per heavy atom. The number of hydrogen-bond donors (Lipinski definition) is 1. The van der Waals surface area contributed by atoms with Crippen molar-refractivity contribution in [3.63, 3.8) is 0 Å². The molecule has 1 aliphatic carbocycles. The van der Waals surface area contributed by atoms with E-state index in [0.29, 0.717) is 45.7 Å². The molecule has 0 bridgehead atoms. The largest absolute Gasteiger partial charge is 0.315 e. The van der Waals surface area contributed by atoms with Crippen molar-refractivity contribution in [2.75, 3.05) is 32.8 Å². The monoisotopic (exact) mass is 416 g/mol. The van der Waals surface area contributed by atoms with Gasteiger partial charge >= 0.3 is 0 Å². The molecule has 1 N–H and O–H groups in total. The van der Waals surface area contributed by atoms with Crippen LogP contribution in [0.1, 0.15) is 18.4 Å². The van der Waals surface area contributed by atoms with Gasteiger partial charge in [-0.25, -0.2) is 13.3 Å². The first-order valence-corrected chi connectivity index (χ1v) is 11.5. The predicted octanol–water partition coefficient (Wildman–Crippen LogP) is 0.0963. The summed E-state index contributed by atoms with van der Waals surface area (Å²) in [6.45, 7) is 2.23. The summed E-state index contributed by atoms with van der Waals surface area (Å²) in [6.07, 6.45) is 6.85. The maximum atomic E-state index is 12.6. The van der Waals surface area contributed by atoms with E-state index in [0.717, 1.165) is 10.5 Å². The molecule has 0 spiro atoms. The second-order valence-electron chi connectivity index (χ2n) is 7.83. The van der Waals surface area contributed by atoms with Crippen LogP contribution in [0, 0.1) is 11.8 Å². The van der Waals surface area contributed by atoms with Gasteiger partial charge in [-0.15, -0.1) is 0 Å². The number of imide groups is 1. The first-order chi connectivity index (χ1) is 14.0. The fraction of sp³-hybridized carbons (Fsp3) is 0.429. The Morgan fingerprint density at radius 1 is 0.966 bits per heavy atom. The smallest absolute Gasteiger partial charge is 0.237 e. The molecule has 8 heteroatoms. The molecule has 7 nitrogen and oxygen atoms in total. The van der Waals surface area contributed by atoms with Crippen LogP contribution in [0.5, 0.6) is 0 Å². The molecule has 2 amide bonds. The number of nitrogens with zero attached hydrogens (tertiary/aromatic N) is 2. The van der Waals surface area contributed by atoms with Crippen LogP contribution in [-0.2, 0) is 19.6 Å². The molecule has 2 saturated heterocycles. The van der Waals surface area contributed by atoms with Crippen LogP contribution in [0.25, 0.3) is 6.08 Å². The highest BCUT2D eigenvalue weighted by atomic mass is 32.2. The molecule has 154 valence electrons. The number of nitrogens with one attached hydrogen (secondary N) is 1. The highest BCUT2D eigenvalue weighted by Crippen LogP contribution is 2.34. The van der Waals surface area contributed by atoms with Crippen molar-refractivity contribution in [2.45, 2.75) is 12.8 Å². The lowest BCUT2D eigenvalue weighted by Crippen LogP contribution is -3.16. The zero-order valence-electron chi connectivity index (χ0n) is 16.2. The van der Waals surface area contributed by atoms with E-state index < -0.39 is 10.0 Å². The van der Waals surface area contributed by atoms with E-state index in [1.807, 2.05) is 42.5 Å². The minimum Gasteiger partial charge on any atom is -0.315 e. The topological polar surface area (TPSA) is 79.2 Å². The number of likely N-dealkylation sites (tertiary alicyclic amines) is 1. The molecule has 0 radical (unpaired) electrons. The van der Waals surface area contributed by atoms with Crippen molar-refractivity contribution >= 4 is 27.9 Å². The van der Waals surface area contributed by atoms with E-state index >= 15 is 0 Å². The van der Waals surface area contributed by atoms with E-state index in [1.165, 1.54) is 14.6 Å². The van der Waals surface area contributed by atoms with Crippen LogP contribution in [-0.4, -0.2) is 62.3 Å². The SMILES string of the molecule is O=C1[C@H]2CC=CC[C@H]2C(=O)N1C[NH+]1CCN(S(=O)(=O)/C=C/c2ccccc2)CC1. The molecule has 1 aromatic rings. The number of quaternary nitrogens is 1. The summed E-state index contributed by atoms with van der Waals surface area (Å²) < 4.78 is 26.6. The summed E-state index contributed by atoms with van der Waals surface area (Å²) in [6, 6.07) is 9.31. The molecule has 29 heavy (non-hydrogen) atoms.